The van der Waals surface area contributed by atoms with Gasteiger partial charge in [0.15, 0.2) is 0 Å². The summed E-state index contributed by atoms with van der Waals surface area (Å²) < 4.78 is 46.4. The van der Waals surface area contributed by atoms with Gasteiger partial charge in [0.2, 0.25) is 11.8 Å². The molecule has 0 radical (unpaired) electrons. The summed E-state index contributed by atoms with van der Waals surface area (Å²) in [6.45, 7) is 2.11. The van der Waals surface area contributed by atoms with Crippen molar-refractivity contribution in [2.75, 3.05) is 10.6 Å². The number of anilines is 2. The van der Waals surface area contributed by atoms with Crippen LogP contribution < -0.4 is 15.4 Å². The monoisotopic (exact) mass is 474 g/mol. The second kappa shape index (κ2) is 10.2. The Hall–Kier alpha value is -3.47. The number of aryl methyl sites for hydroxylation is 1. The summed E-state index contributed by atoms with van der Waals surface area (Å²) in [4.78, 5) is 16.1. The number of benzene rings is 1. The minimum atomic E-state index is -4.60. The molecule has 11 heteroatoms. The number of ether oxygens (including phenoxy) is 1. The molecule has 3 N–H and O–H groups in total. The van der Waals surface area contributed by atoms with Crippen molar-refractivity contribution in [3.8, 4) is 11.6 Å². The molecule has 2 aromatic heterocycles. The SMILES string of the molecule is Cc1ccc(Oc2ncncc2CNc2ncc(C(F)(F)F)c(N[C@H]3CC[C@@H](O)CC3)n2)cc1. The lowest BCUT2D eigenvalue weighted by Gasteiger charge is -2.27. The Kier molecular flexibility index (Phi) is 7.11. The molecule has 0 atom stereocenters. The van der Waals surface area contributed by atoms with E-state index in [0.717, 1.165) is 11.8 Å². The summed E-state index contributed by atoms with van der Waals surface area (Å²) in [6.07, 6.45) is 0.855. The highest BCUT2D eigenvalue weighted by molar-refractivity contribution is 5.49. The van der Waals surface area contributed by atoms with Gasteiger partial charge in [-0.3, -0.25) is 0 Å². The number of aromatic nitrogens is 4. The molecular formula is C23H25F3N6O2. The van der Waals surface area contributed by atoms with Gasteiger partial charge in [-0.05, 0) is 44.7 Å². The van der Waals surface area contributed by atoms with Crippen molar-refractivity contribution in [1.29, 1.82) is 0 Å². The van der Waals surface area contributed by atoms with Crippen LogP contribution in [0.3, 0.4) is 0 Å². The highest BCUT2D eigenvalue weighted by Gasteiger charge is 2.36. The first-order valence-corrected chi connectivity index (χ1v) is 10.9. The van der Waals surface area contributed by atoms with E-state index in [9.17, 15) is 18.3 Å². The molecule has 1 aliphatic carbocycles. The minimum Gasteiger partial charge on any atom is -0.439 e. The maximum Gasteiger partial charge on any atom is 0.421 e. The molecule has 0 unspecified atom stereocenters. The van der Waals surface area contributed by atoms with E-state index in [-0.39, 0.29) is 24.4 Å². The van der Waals surface area contributed by atoms with Crippen LogP contribution in [0.25, 0.3) is 0 Å². The van der Waals surface area contributed by atoms with E-state index in [1.54, 1.807) is 6.20 Å². The fourth-order valence-electron chi connectivity index (χ4n) is 3.65. The first-order chi connectivity index (χ1) is 16.3. The lowest BCUT2D eigenvalue weighted by molar-refractivity contribution is -0.137. The van der Waals surface area contributed by atoms with Crippen LogP contribution in [0.1, 0.15) is 42.4 Å². The fourth-order valence-corrected chi connectivity index (χ4v) is 3.65. The molecule has 1 aromatic carbocycles. The fraction of sp³-hybridized carbons (Fsp3) is 0.391. The molecule has 0 saturated heterocycles. The Morgan fingerprint density at radius 1 is 1.06 bits per heavy atom. The van der Waals surface area contributed by atoms with E-state index >= 15 is 0 Å². The highest BCUT2D eigenvalue weighted by Crippen LogP contribution is 2.35. The average Bonchev–Trinajstić information content (AvgIpc) is 2.81. The number of halogens is 3. The van der Waals surface area contributed by atoms with Crippen LogP contribution in [0.4, 0.5) is 24.9 Å². The Morgan fingerprint density at radius 2 is 1.79 bits per heavy atom. The summed E-state index contributed by atoms with van der Waals surface area (Å²) in [6, 6.07) is 7.24. The van der Waals surface area contributed by atoms with E-state index in [1.165, 1.54) is 6.33 Å². The summed E-state index contributed by atoms with van der Waals surface area (Å²) in [7, 11) is 0. The molecule has 0 amide bonds. The van der Waals surface area contributed by atoms with Crippen LogP contribution in [0, 0.1) is 6.92 Å². The number of hydrogen-bond acceptors (Lipinski definition) is 8. The lowest BCUT2D eigenvalue weighted by atomic mass is 9.93. The second-order valence-electron chi connectivity index (χ2n) is 8.23. The van der Waals surface area contributed by atoms with Gasteiger partial charge in [0.25, 0.3) is 0 Å². The number of aliphatic hydroxyl groups is 1. The zero-order valence-corrected chi connectivity index (χ0v) is 18.5. The smallest absolute Gasteiger partial charge is 0.421 e. The molecule has 1 fully saturated rings. The minimum absolute atomic E-state index is 0.0245. The molecule has 3 aromatic rings. The van der Waals surface area contributed by atoms with Crippen LogP contribution >= 0.6 is 0 Å². The van der Waals surface area contributed by atoms with Crippen molar-refractivity contribution in [2.45, 2.75) is 57.5 Å². The number of hydrogen-bond donors (Lipinski definition) is 3. The molecule has 0 spiro atoms. The molecule has 1 aliphatic rings. The predicted octanol–water partition coefficient (Wildman–Crippen LogP) is 4.71. The first-order valence-electron chi connectivity index (χ1n) is 10.9. The van der Waals surface area contributed by atoms with Gasteiger partial charge in [-0.1, -0.05) is 17.7 Å². The van der Waals surface area contributed by atoms with Crippen LogP contribution in [0.2, 0.25) is 0 Å². The van der Waals surface area contributed by atoms with E-state index in [2.05, 4.69) is 30.6 Å². The van der Waals surface area contributed by atoms with Gasteiger partial charge >= 0.3 is 6.18 Å². The zero-order valence-electron chi connectivity index (χ0n) is 18.5. The average molecular weight is 474 g/mol. The molecule has 0 bridgehead atoms. The third-order valence-electron chi connectivity index (χ3n) is 5.55. The number of aliphatic hydroxyl groups excluding tert-OH is 1. The molecule has 180 valence electrons. The Bertz CT molecular complexity index is 1100. The number of rotatable bonds is 7. The third-order valence-corrected chi connectivity index (χ3v) is 5.55. The summed E-state index contributed by atoms with van der Waals surface area (Å²) >= 11 is 0. The van der Waals surface area contributed by atoms with E-state index < -0.39 is 17.8 Å². The maximum atomic E-state index is 13.5. The van der Waals surface area contributed by atoms with Gasteiger partial charge in [0.05, 0.1) is 11.7 Å². The second-order valence-corrected chi connectivity index (χ2v) is 8.23. The third kappa shape index (κ3) is 6.10. The summed E-state index contributed by atoms with van der Waals surface area (Å²) in [5.41, 5.74) is 0.739. The number of alkyl halides is 3. The molecule has 34 heavy (non-hydrogen) atoms. The van der Waals surface area contributed by atoms with Crippen LogP contribution in [0.5, 0.6) is 11.6 Å². The largest absolute Gasteiger partial charge is 0.439 e. The van der Waals surface area contributed by atoms with Crippen LogP contribution in [0.15, 0.2) is 43.0 Å². The first kappa shape index (κ1) is 23.7. The van der Waals surface area contributed by atoms with Crippen molar-refractivity contribution in [3.63, 3.8) is 0 Å². The number of nitrogens with one attached hydrogen (secondary N) is 2. The van der Waals surface area contributed by atoms with Gasteiger partial charge < -0.3 is 20.5 Å². The number of nitrogens with zero attached hydrogens (tertiary/aromatic N) is 4. The van der Waals surface area contributed by atoms with Gasteiger partial charge in [-0.25, -0.2) is 15.0 Å². The normalized spacial score (nSPS) is 18.4. The Morgan fingerprint density at radius 3 is 2.50 bits per heavy atom. The van der Waals surface area contributed by atoms with E-state index in [4.69, 9.17) is 4.74 Å². The van der Waals surface area contributed by atoms with E-state index in [0.29, 0.717) is 42.9 Å². The lowest BCUT2D eigenvalue weighted by Crippen LogP contribution is -2.30. The molecule has 8 nitrogen and oxygen atoms in total. The van der Waals surface area contributed by atoms with Crippen molar-refractivity contribution in [3.05, 3.63) is 59.7 Å². The topological polar surface area (TPSA) is 105 Å². The zero-order chi connectivity index (χ0) is 24.1. The van der Waals surface area contributed by atoms with Gasteiger partial charge in [-0.2, -0.15) is 18.2 Å². The van der Waals surface area contributed by atoms with Gasteiger partial charge in [0.1, 0.15) is 23.5 Å². The summed E-state index contributed by atoms with van der Waals surface area (Å²) in [5.74, 6) is 0.654. The standard InChI is InChI=1S/C23H25F3N6O2/c1-14-2-8-18(9-3-14)34-21-15(10-27-13-30-21)11-28-22-29-12-19(23(24,25)26)20(32-22)31-16-4-6-17(33)7-5-16/h2-3,8-10,12-13,16-17,33H,4-7,11H2,1H3,(H2,28,29,31,32)/t16-,17+. The molecular weight excluding hydrogens is 449 g/mol. The Labute approximate surface area is 194 Å². The van der Waals surface area contributed by atoms with Crippen molar-refractivity contribution < 1.29 is 23.0 Å². The van der Waals surface area contributed by atoms with Crippen molar-refractivity contribution >= 4 is 11.8 Å². The predicted molar refractivity (Wildman–Crippen MR) is 120 cm³/mol. The molecule has 0 aliphatic heterocycles. The van der Waals surface area contributed by atoms with Crippen LogP contribution in [-0.2, 0) is 12.7 Å². The molecule has 4 rings (SSSR count). The van der Waals surface area contributed by atoms with E-state index in [1.807, 2.05) is 31.2 Å². The van der Waals surface area contributed by atoms with Crippen LogP contribution in [-0.4, -0.2) is 37.2 Å². The van der Waals surface area contributed by atoms with Crippen molar-refractivity contribution in [1.82, 2.24) is 19.9 Å². The maximum absolute atomic E-state index is 13.5. The summed E-state index contributed by atoms with van der Waals surface area (Å²) in [5, 5.41) is 15.5. The molecule has 2 heterocycles. The molecule has 1 saturated carbocycles. The van der Waals surface area contributed by atoms with Crippen molar-refractivity contribution in [2.24, 2.45) is 0 Å². The van der Waals surface area contributed by atoms with Gasteiger partial charge in [0, 0.05) is 25.0 Å². The Balaban J connectivity index is 1.49. The quantitative estimate of drug-likeness (QED) is 0.452. The van der Waals surface area contributed by atoms with Gasteiger partial charge in [-0.15, -0.1) is 0 Å². The highest BCUT2D eigenvalue weighted by atomic mass is 19.4.